The Hall–Kier alpha value is -1.10. The number of hydrogen-bond acceptors (Lipinski definition) is 2. The zero-order valence-electron chi connectivity index (χ0n) is 9.29. The third-order valence-electron chi connectivity index (χ3n) is 2.37. The summed E-state index contributed by atoms with van der Waals surface area (Å²) < 4.78 is 26.7. The van der Waals surface area contributed by atoms with Gasteiger partial charge in [-0.2, -0.15) is 0 Å². The van der Waals surface area contributed by atoms with E-state index in [9.17, 15) is 8.78 Å². The monoisotopic (exact) mass is 285 g/mol. The molecule has 2 rings (SSSR count). The van der Waals surface area contributed by atoms with E-state index in [1.54, 1.807) is 12.1 Å². The van der Waals surface area contributed by atoms with Crippen molar-refractivity contribution in [2.45, 2.75) is 16.3 Å². The summed E-state index contributed by atoms with van der Waals surface area (Å²) in [6, 6.07) is 8.60. The van der Waals surface area contributed by atoms with Gasteiger partial charge in [-0.05, 0) is 29.8 Å². The Morgan fingerprint density at radius 2 is 1.94 bits per heavy atom. The van der Waals surface area contributed by atoms with Crippen LogP contribution in [0.5, 0.6) is 0 Å². The Balaban J connectivity index is 2.42. The smallest absolute Gasteiger partial charge is 0.137 e. The van der Waals surface area contributed by atoms with Crippen LogP contribution in [0.15, 0.2) is 46.2 Å². The maximum absolute atomic E-state index is 13.6. The molecule has 0 heterocycles. The molecule has 2 aromatic carbocycles. The van der Waals surface area contributed by atoms with E-state index >= 15 is 0 Å². The molecule has 0 radical (unpaired) electrons. The zero-order valence-corrected chi connectivity index (χ0v) is 10.9. The summed E-state index contributed by atoms with van der Waals surface area (Å²) >= 11 is 7.14. The van der Waals surface area contributed by atoms with Crippen molar-refractivity contribution in [3.63, 3.8) is 0 Å². The van der Waals surface area contributed by atoms with E-state index in [2.05, 4.69) is 0 Å². The van der Waals surface area contributed by atoms with Crippen molar-refractivity contribution in [2.75, 3.05) is 0 Å². The number of rotatable bonds is 3. The van der Waals surface area contributed by atoms with Gasteiger partial charge in [0.1, 0.15) is 11.6 Å². The summed E-state index contributed by atoms with van der Waals surface area (Å²) in [6.45, 7) is 0.291. The van der Waals surface area contributed by atoms with Crippen LogP contribution in [-0.4, -0.2) is 0 Å². The van der Waals surface area contributed by atoms with Crippen molar-refractivity contribution in [3.05, 3.63) is 58.6 Å². The highest BCUT2D eigenvalue weighted by Crippen LogP contribution is 2.37. The first-order chi connectivity index (χ1) is 8.61. The van der Waals surface area contributed by atoms with Gasteiger partial charge in [0.15, 0.2) is 0 Å². The Bertz CT molecular complexity index is 575. The van der Waals surface area contributed by atoms with E-state index in [-0.39, 0.29) is 4.90 Å². The minimum Gasteiger partial charge on any atom is -0.326 e. The van der Waals surface area contributed by atoms with Crippen molar-refractivity contribution < 1.29 is 8.78 Å². The predicted octanol–water partition coefficient (Wildman–Crippen LogP) is 4.23. The molecule has 1 nitrogen and oxygen atoms in total. The Kier molecular flexibility index (Phi) is 4.22. The van der Waals surface area contributed by atoms with Crippen LogP contribution >= 0.6 is 23.4 Å². The van der Waals surface area contributed by atoms with Gasteiger partial charge in [-0.25, -0.2) is 8.78 Å². The van der Waals surface area contributed by atoms with Gasteiger partial charge in [-0.1, -0.05) is 35.5 Å². The molecule has 18 heavy (non-hydrogen) atoms. The van der Waals surface area contributed by atoms with Gasteiger partial charge < -0.3 is 5.73 Å². The molecule has 2 aromatic rings. The van der Waals surface area contributed by atoms with E-state index in [0.717, 1.165) is 35.5 Å². The molecule has 0 aliphatic heterocycles. The van der Waals surface area contributed by atoms with E-state index in [1.807, 2.05) is 6.07 Å². The normalized spacial score (nSPS) is 10.7. The molecule has 0 spiro atoms. The van der Waals surface area contributed by atoms with Crippen LogP contribution in [0.3, 0.4) is 0 Å². The lowest BCUT2D eigenvalue weighted by Crippen LogP contribution is -1.98. The molecule has 0 saturated heterocycles. The fourth-order valence-corrected chi connectivity index (χ4v) is 2.81. The SMILES string of the molecule is NCc1cccc(Cl)c1Sc1cc(F)ccc1F. The lowest BCUT2D eigenvalue weighted by atomic mass is 10.2. The van der Waals surface area contributed by atoms with Crippen molar-refractivity contribution in [1.82, 2.24) is 0 Å². The Morgan fingerprint density at radius 3 is 2.67 bits per heavy atom. The van der Waals surface area contributed by atoms with E-state index in [4.69, 9.17) is 17.3 Å². The zero-order chi connectivity index (χ0) is 13.1. The van der Waals surface area contributed by atoms with Crippen molar-refractivity contribution >= 4 is 23.4 Å². The number of halogens is 3. The van der Waals surface area contributed by atoms with Crippen molar-refractivity contribution in [1.29, 1.82) is 0 Å². The van der Waals surface area contributed by atoms with Gasteiger partial charge in [-0.15, -0.1) is 0 Å². The first-order valence-electron chi connectivity index (χ1n) is 5.22. The minimum atomic E-state index is -0.486. The van der Waals surface area contributed by atoms with Crippen LogP contribution in [0.1, 0.15) is 5.56 Å². The predicted molar refractivity (Wildman–Crippen MR) is 69.8 cm³/mol. The fraction of sp³-hybridized carbons (Fsp3) is 0.0769. The van der Waals surface area contributed by atoms with Crippen LogP contribution in [0.25, 0.3) is 0 Å². The third kappa shape index (κ3) is 2.83. The highest BCUT2D eigenvalue weighted by molar-refractivity contribution is 7.99. The summed E-state index contributed by atoms with van der Waals surface area (Å²) in [6.07, 6.45) is 0. The second-order valence-electron chi connectivity index (χ2n) is 3.61. The van der Waals surface area contributed by atoms with Gasteiger partial charge >= 0.3 is 0 Å². The second-order valence-corrected chi connectivity index (χ2v) is 5.07. The minimum absolute atomic E-state index is 0.192. The molecule has 5 heteroatoms. The van der Waals surface area contributed by atoms with Gasteiger partial charge in [0.25, 0.3) is 0 Å². The Morgan fingerprint density at radius 1 is 1.17 bits per heavy atom. The topological polar surface area (TPSA) is 26.0 Å². The lowest BCUT2D eigenvalue weighted by Gasteiger charge is -2.10. The van der Waals surface area contributed by atoms with Gasteiger partial charge in [0.05, 0.1) is 9.92 Å². The molecule has 0 fully saturated rings. The molecule has 2 N–H and O–H groups in total. The molecule has 0 aliphatic rings. The summed E-state index contributed by atoms with van der Waals surface area (Å²) in [7, 11) is 0. The van der Waals surface area contributed by atoms with Crippen LogP contribution in [0, 0.1) is 11.6 Å². The van der Waals surface area contributed by atoms with E-state index in [1.165, 1.54) is 0 Å². The van der Waals surface area contributed by atoms with E-state index < -0.39 is 11.6 Å². The molecule has 0 aromatic heterocycles. The van der Waals surface area contributed by atoms with Gasteiger partial charge in [-0.3, -0.25) is 0 Å². The summed E-state index contributed by atoms with van der Waals surface area (Å²) in [4.78, 5) is 0.851. The van der Waals surface area contributed by atoms with Gasteiger partial charge in [0, 0.05) is 11.4 Å². The lowest BCUT2D eigenvalue weighted by molar-refractivity contribution is 0.577. The average molecular weight is 286 g/mol. The highest BCUT2D eigenvalue weighted by Gasteiger charge is 2.11. The van der Waals surface area contributed by atoms with Crippen LogP contribution < -0.4 is 5.73 Å². The Labute approximate surface area is 113 Å². The van der Waals surface area contributed by atoms with Crippen LogP contribution in [0.2, 0.25) is 5.02 Å². The summed E-state index contributed by atoms with van der Waals surface area (Å²) in [5.41, 5.74) is 6.40. The summed E-state index contributed by atoms with van der Waals surface area (Å²) in [5, 5.41) is 0.478. The molecule has 94 valence electrons. The first kappa shape index (κ1) is 13.3. The molecule has 0 aliphatic carbocycles. The van der Waals surface area contributed by atoms with Crippen LogP contribution in [-0.2, 0) is 6.54 Å². The molecule has 0 atom stereocenters. The number of hydrogen-bond donors (Lipinski definition) is 1. The number of nitrogens with two attached hydrogens (primary N) is 1. The maximum atomic E-state index is 13.6. The third-order valence-corrected chi connectivity index (χ3v) is 4.02. The molecule has 0 unspecified atom stereocenters. The molecular weight excluding hydrogens is 276 g/mol. The fourth-order valence-electron chi connectivity index (χ4n) is 1.49. The van der Waals surface area contributed by atoms with Crippen LogP contribution in [0.4, 0.5) is 8.78 Å². The summed E-state index contributed by atoms with van der Waals surface area (Å²) in [5.74, 6) is -0.968. The molecule has 0 bridgehead atoms. The quantitative estimate of drug-likeness (QED) is 0.913. The maximum Gasteiger partial charge on any atom is 0.137 e. The standard InChI is InChI=1S/C13H10ClF2NS/c14-10-3-1-2-8(7-17)13(10)18-12-6-9(15)4-5-11(12)16/h1-6H,7,17H2. The van der Waals surface area contributed by atoms with E-state index in [0.29, 0.717) is 16.5 Å². The molecule has 0 saturated carbocycles. The molecule has 0 amide bonds. The van der Waals surface area contributed by atoms with Crippen molar-refractivity contribution in [2.24, 2.45) is 5.73 Å². The first-order valence-corrected chi connectivity index (χ1v) is 6.41. The highest BCUT2D eigenvalue weighted by atomic mass is 35.5. The van der Waals surface area contributed by atoms with Gasteiger partial charge in [0.2, 0.25) is 0 Å². The van der Waals surface area contributed by atoms with Crippen molar-refractivity contribution in [3.8, 4) is 0 Å². The molecular formula is C13H10ClF2NS. The number of benzene rings is 2. The average Bonchev–Trinajstić information content (AvgIpc) is 2.36. The largest absolute Gasteiger partial charge is 0.326 e. The second kappa shape index (κ2) is 5.69.